The van der Waals surface area contributed by atoms with E-state index >= 15 is 0 Å². The number of rotatable bonds is 5. The van der Waals surface area contributed by atoms with E-state index in [1.165, 1.54) is 6.33 Å². The number of methoxy groups -OCH3 is 1. The predicted molar refractivity (Wildman–Crippen MR) is 87.9 cm³/mol. The summed E-state index contributed by atoms with van der Waals surface area (Å²) in [7, 11) is 3.45. The fraction of sp³-hybridized carbons (Fsp3) is 0.400. The number of hydrogen-bond donors (Lipinski definition) is 1. The summed E-state index contributed by atoms with van der Waals surface area (Å²) in [5.74, 6) is 1.21. The molecule has 0 radical (unpaired) electrons. The number of aryl methyl sites for hydroxylation is 1. The number of nitrogens with one attached hydrogen (secondary N) is 1. The Morgan fingerprint density at radius 1 is 1.40 bits per heavy atom. The van der Waals surface area contributed by atoms with Gasteiger partial charge in [-0.05, 0) is 6.07 Å². The van der Waals surface area contributed by atoms with Crippen LogP contribution in [0, 0.1) is 0 Å². The molecule has 0 spiro atoms. The van der Waals surface area contributed by atoms with Crippen LogP contribution in [0.4, 0.5) is 5.82 Å². The zero-order chi connectivity index (χ0) is 17.2. The van der Waals surface area contributed by atoms with Crippen LogP contribution in [0.15, 0.2) is 24.7 Å². The Bertz CT molecular complexity index is 874. The van der Waals surface area contributed by atoms with Gasteiger partial charge in [0, 0.05) is 25.9 Å². The molecule has 1 aliphatic heterocycles. The first-order chi connectivity index (χ1) is 12.2. The zero-order valence-electron chi connectivity index (χ0n) is 14.0. The van der Waals surface area contributed by atoms with Crippen LogP contribution in [0.1, 0.15) is 5.69 Å². The van der Waals surface area contributed by atoms with Crippen LogP contribution in [0.2, 0.25) is 0 Å². The summed E-state index contributed by atoms with van der Waals surface area (Å²) in [6, 6.07) is 3.66. The van der Waals surface area contributed by atoms with Crippen molar-refractivity contribution in [2.24, 2.45) is 7.05 Å². The smallest absolute Gasteiger partial charge is 0.218 e. The van der Waals surface area contributed by atoms with Gasteiger partial charge >= 0.3 is 0 Å². The molecule has 4 rings (SSSR count). The fourth-order valence-corrected chi connectivity index (χ4v) is 2.76. The number of fused-ring (bicyclic) bond motifs is 1. The molecule has 3 aromatic rings. The van der Waals surface area contributed by atoms with Crippen molar-refractivity contribution < 1.29 is 9.47 Å². The number of anilines is 1. The summed E-state index contributed by atoms with van der Waals surface area (Å²) in [4.78, 5) is 8.14. The molecule has 1 atom stereocenters. The molecule has 4 heterocycles. The van der Waals surface area contributed by atoms with E-state index in [-0.39, 0.29) is 6.10 Å². The minimum atomic E-state index is -0.0328. The van der Waals surface area contributed by atoms with Gasteiger partial charge in [0.1, 0.15) is 17.8 Å². The summed E-state index contributed by atoms with van der Waals surface area (Å²) in [6.45, 7) is 1.67. The molecular formula is C15H18N8O2. The first-order valence-electron chi connectivity index (χ1n) is 7.87. The Morgan fingerprint density at radius 3 is 3.12 bits per heavy atom. The van der Waals surface area contributed by atoms with Gasteiger partial charge < -0.3 is 14.8 Å². The van der Waals surface area contributed by atoms with Crippen molar-refractivity contribution in [3.63, 3.8) is 0 Å². The van der Waals surface area contributed by atoms with E-state index in [9.17, 15) is 0 Å². The second kappa shape index (κ2) is 6.48. The summed E-state index contributed by atoms with van der Waals surface area (Å²) < 4.78 is 14.7. The van der Waals surface area contributed by atoms with Gasteiger partial charge in [-0.15, -0.1) is 5.10 Å². The van der Waals surface area contributed by atoms with Crippen molar-refractivity contribution >= 4 is 5.82 Å². The molecule has 0 aromatic carbocycles. The topological polar surface area (TPSA) is 105 Å². The van der Waals surface area contributed by atoms with E-state index in [0.717, 1.165) is 17.1 Å². The van der Waals surface area contributed by atoms with Crippen LogP contribution in [0.25, 0.3) is 11.4 Å². The molecule has 0 aliphatic carbocycles. The third kappa shape index (κ3) is 3.03. The Balaban J connectivity index is 1.43. The quantitative estimate of drug-likeness (QED) is 0.714. The van der Waals surface area contributed by atoms with Crippen molar-refractivity contribution in [1.29, 1.82) is 0 Å². The lowest BCUT2D eigenvalue weighted by Gasteiger charge is -2.24. The van der Waals surface area contributed by atoms with Crippen LogP contribution in [0.3, 0.4) is 0 Å². The standard InChI is InChI=1S/C15H18N8O2/c1-22-11(3-4-19-22)15-12-8-25-10(7-23(12)21-20-15)6-16-13-5-14(24-2)18-9-17-13/h3-5,9-10H,6-8H2,1-2H3,(H,16,17,18). The summed E-state index contributed by atoms with van der Waals surface area (Å²) in [6.07, 6.45) is 3.17. The minimum Gasteiger partial charge on any atom is -0.481 e. The molecule has 0 saturated heterocycles. The van der Waals surface area contributed by atoms with Crippen molar-refractivity contribution in [2.75, 3.05) is 19.0 Å². The largest absolute Gasteiger partial charge is 0.481 e. The van der Waals surface area contributed by atoms with Crippen LogP contribution in [-0.4, -0.2) is 54.5 Å². The predicted octanol–water partition coefficient (Wildman–Crippen LogP) is 0.488. The zero-order valence-corrected chi connectivity index (χ0v) is 14.0. The van der Waals surface area contributed by atoms with Gasteiger partial charge in [-0.1, -0.05) is 5.21 Å². The van der Waals surface area contributed by atoms with Gasteiger partial charge in [-0.2, -0.15) is 5.10 Å². The normalized spacial score (nSPS) is 16.5. The van der Waals surface area contributed by atoms with E-state index in [4.69, 9.17) is 9.47 Å². The second-order valence-electron chi connectivity index (χ2n) is 5.67. The van der Waals surface area contributed by atoms with E-state index < -0.39 is 0 Å². The first kappa shape index (κ1) is 15.5. The van der Waals surface area contributed by atoms with Gasteiger partial charge in [0.15, 0.2) is 0 Å². The molecule has 1 aliphatic rings. The summed E-state index contributed by atoms with van der Waals surface area (Å²) in [5, 5.41) is 16.0. The molecule has 0 fully saturated rings. The van der Waals surface area contributed by atoms with Gasteiger partial charge in [0.05, 0.1) is 37.8 Å². The average Bonchev–Trinajstić information content (AvgIpc) is 3.25. The molecule has 10 nitrogen and oxygen atoms in total. The average molecular weight is 342 g/mol. The molecule has 0 amide bonds. The second-order valence-corrected chi connectivity index (χ2v) is 5.67. The molecule has 1 unspecified atom stereocenters. The van der Waals surface area contributed by atoms with Crippen LogP contribution in [0.5, 0.6) is 5.88 Å². The maximum Gasteiger partial charge on any atom is 0.218 e. The molecule has 1 N–H and O–H groups in total. The van der Waals surface area contributed by atoms with Crippen molar-refractivity contribution in [3.05, 3.63) is 30.4 Å². The minimum absolute atomic E-state index is 0.0328. The Kier molecular flexibility index (Phi) is 4.02. The van der Waals surface area contributed by atoms with E-state index in [2.05, 4.69) is 30.7 Å². The van der Waals surface area contributed by atoms with Crippen molar-refractivity contribution in [3.8, 4) is 17.3 Å². The highest BCUT2D eigenvalue weighted by Crippen LogP contribution is 2.24. The number of aromatic nitrogens is 7. The SMILES string of the molecule is COc1cc(NCC2Cn3nnc(-c4ccnn4C)c3CO2)ncn1. The maximum atomic E-state index is 5.95. The lowest BCUT2D eigenvalue weighted by molar-refractivity contribution is 0.00881. The Morgan fingerprint density at radius 2 is 2.32 bits per heavy atom. The molecule has 10 heteroatoms. The highest BCUT2D eigenvalue weighted by molar-refractivity contribution is 5.56. The molecular weight excluding hydrogens is 324 g/mol. The lowest BCUT2D eigenvalue weighted by atomic mass is 10.2. The number of ether oxygens (including phenoxy) is 2. The highest BCUT2D eigenvalue weighted by atomic mass is 16.5. The van der Waals surface area contributed by atoms with E-state index in [0.29, 0.717) is 31.4 Å². The highest BCUT2D eigenvalue weighted by Gasteiger charge is 2.25. The van der Waals surface area contributed by atoms with Gasteiger partial charge in [-0.25, -0.2) is 14.6 Å². The van der Waals surface area contributed by atoms with Crippen molar-refractivity contribution in [1.82, 2.24) is 34.7 Å². The maximum absolute atomic E-state index is 5.95. The number of nitrogens with zero attached hydrogens (tertiary/aromatic N) is 7. The van der Waals surface area contributed by atoms with Crippen LogP contribution < -0.4 is 10.1 Å². The van der Waals surface area contributed by atoms with Crippen LogP contribution >= 0.6 is 0 Å². The number of hydrogen-bond acceptors (Lipinski definition) is 8. The molecule has 0 saturated carbocycles. The van der Waals surface area contributed by atoms with E-state index in [1.807, 2.05) is 17.8 Å². The fourth-order valence-electron chi connectivity index (χ4n) is 2.76. The third-order valence-electron chi connectivity index (χ3n) is 4.10. The van der Waals surface area contributed by atoms with Crippen molar-refractivity contribution in [2.45, 2.75) is 19.3 Å². The van der Waals surface area contributed by atoms with Gasteiger partial charge in [0.25, 0.3) is 0 Å². The van der Waals surface area contributed by atoms with Crippen LogP contribution in [-0.2, 0) is 24.9 Å². The van der Waals surface area contributed by atoms with Gasteiger partial charge in [-0.3, -0.25) is 4.68 Å². The molecule has 130 valence electrons. The Labute approximate surface area is 143 Å². The summed E-state index contributed by atoms with van der Waals surface area (Å²) in [5.41, 5.74) is 2.70. The summed E-state index contributed by atoms with van der Waals surface area (Å²) >= 11 is 0. The first-order valence-corrected chi connectivity index (χ1v) is 7.87. The van der Waals surface area contributed by atoms with Gasteiger partial charge in [0.2, 0.25) is 5.88 Å². The molecule has 25 heavy (non-hydrogen) atoms. The molecule has 3 aromatic heterocycles. The van der Waals surface area contributed by atoms with E-state index in [1.54, 1.807) is 24.1 Å². The third-order valence-corrected chi connectivity index (χ3v) is 4.10. The lowest BCUT2D eigenvalue weighted by Crippen LogP contribution is -2.33. The Hall–Kier alpha value is -3.01. The molecule has 0 bridgehead atoms. The monoisotopic (exact) mass is 342 g/mol.